The molecule has 1 aromatic carbocycles. The number of anilines is 1. The van der Waals surface area contributed by atoms with E-state index in [9.17, 15) is 9.90 Å². The Kier molecular flexibility index (Phi) is 5.25. The van der Waals surface area contributed by atoms with Crippen molar-refractivity contribution in [3.05, 3.63) is 23.8 Å². The molecule has 0 spiro atoms. The molecule has 3 N–H and O–H groups in total. The average molecular weight is 272 g/mol. The van der Waals surface area contributed by atoms with Gasteiger partial charge in [0, 0.05) is 37.9 Å². The molecule has 0 aromatic heterocycles. The van der Waals surface area contributed by atoms with Crippen molar-refractivity contribution >= 4 is 24.1 Å². The molecule has 1 fully saturated rings. The molecule has 1 aromatic rings. The predicted octanol–water partition coefficient (Wildman–Crippen LogP) is 1.56. The normalized spacial score (nSPS) is 14.8. The monoisotopic (exact) mass is 271 g/mol. The van der Waals surface area contributed by atoms with E-state index >= 15 is 0 Å². The molecule has 6 heteroatoms. The molecule has 1 aliphatic heterocycles. The third kappa shape index (κ3) is 3.51. The molecule has 100 valence electrons. The standard InChI is InChI=1S/C12H17N3O2.ClH/c1-9-2-3-10(8-11(9)16)14-12(17)15-6-4-13-5-7-15;/h2-3,8,13,16H,4-7H2,1H3,(H,14,17);1H. The summed E-state index contributed by atoms with van der Waals surface area (Å²) in [5, 5.41) is 15.5. The van der Waals surface area contributed by atoms with Gasteiger partial charge in [-0.25, -0.2) is 4.79 Å². The van der Waals surface area contributed by atoms with Crippen LogP contribution in [0.4, 0.5) is 10.5 Å². The zero-order chi connectivity index (χ0) is 12.3. The van der Waals surface area contributed by atoms with Crippen molar-refractivity contribution < 1.29 is 9.90 Å². The summed E-state index contributed by atoms with van der Waals surface area (Å²) < 4.78 is 0. The predicted molar refractivity (Wildman–Crippen MR) is 73.6 cm³/mol. The minimum absolute atomic E-state index is 0. The number of nitrogens with one attached hydrogen (secondary N) is 2. The van der Waals surface area contributed by atoms with Crippen molar-refractivity contribution in [1.82, 2.24) is 10.2 Å². The van der Waals surface area contributed by atoms with Crippen LogP contribution in [0.3, 0.4) is 0 Å². The van der Waals surface area contributed by atoms with E-state index in [2.05, 4.69) is 10.6 Å². The van der Waals surface area contributed by atoms with Crippen molar-refractivity contribution in [1.29, 1.82) is 0 Å². The Bertz CT molecular complexity index is 420. The van der Waals surface area contributed by atoms with Crippen LogP contribution >= 0.6 is 12.4 Å². The lowest BCUT2D eigenvalue weighted by Gasteiger charge is -2.27. The van der Waals surface area contributed by atoms with Crippen LogP contribution < -0.4 is 10.6 Å². The number of rotatable bonds is 1. The molecule has 1 aliphatic rings. The number of urea groups is 1. The van der Waals surface area contributed by atoms with Gasteiger partial charge in [0.25, 0.3) is 0 Å². The van der Waals surface area contributed by atoms with Gasteiger partial charge in [-0.3, -0.25) is 0 Å². The van der Waals surface area contributed by atoms with E-state index in [1.807, 2.05) is 6.92 Å². The molecule has 0 saturated carbocycles. The third-order valence-corrected chi connectivity index (χ3v) is 2.86. The Balaban J connectivity index is 0.00000162. The fraction of sp³-hybridized carbons (Fsp3) is 0.417. The van der Waals surface area contributed by atoms with E-state index in [1.54, 1.807) is 23.1 Å². The number of amides is 2. The largest absolute Gasteiger partial charge is 0.508 e. The summed E-state index contributed by atoms with van der Waals surface area (Å²) in [5.41, 5.74) is 1.42. The second-order valence-electron chi connectivity index (χ2n) is 4.17. The van der Waals surface area contributed by atoms with Crippen LogP contribution in [-0.4, -0.2) is 42.2 Å². The average Bonchev–Trinajstić information content (AvgIpc) is 2.35. The lowest BCUT2D eigenvalue weighted by atomic mass is 10.2. The molecule has 0 unspecified atom stereocenters. The number of phenolic OH excluding ortho intramolecular Hbond substituents is 1. The lowest BCUT2D eigenvalue weighted by molar-refractivity contribution is 0.204. The van der Waals surface area contributed by atoms with Crippen LogP contribution in [-0.2, 0) is 0 Å². The summed E-state index contributed by atoms with van der Waals surface area (Å²) in [6, 6.07) is 5.02. The molecule has 2 rings (SSSR count). The van der Waals surface area contributed by atoms with Crippen molar-refractivity contribution in [2.75, 3.05) is 31.5 Å². The van der Waals surface area contributed by atoms with Gasteiger partial charge in [-0.15, -0.1) is 12.4 Å². The molecular weight excluding hydrogens is 254 g/mol. The molecule has 2 amide bonds. The Morgan fingerprint density at radius 1 is 1.39 bits per heavy atom. The van der Waals surface area contributed by atoms with Crippen LogP contribution in [0.25, 0.3) is 0 Å². The molecule has 0 radical (unpaired) electrons. The highest BCUT2D eigenvalue weighted by Gasteiger charge is 2.16. The highest BCUT2D eigenvalue weighted by Crippen LogP contribution is 2.21. The first-order valence-corrected chi connectivity index (χ1v) is 5.73. The van der Waals surface area contributed by atoms with E-state index < -0.39 is 0 Å². The van der Waals surface area contributed by atoms with Crippen molar-refractivity contribution in [3.8, 4) is 5.75 Å². The van der Waals surface area contributed by atoms with Gasteiger partial charge in [0.05, 0.1) is 0 Å². The van der Waals surface area contributed by atoms with E-state index in [1.165, 1.54) is 0 Å². The number of halogens is 1. The van der Waals surface area contributed by atoms with Crippen LogP contribution in [0.1, 0.15) is 5.56 Å². The summed E-state index contributed by atoms with van der Waals surface area (Å²) >= 11 is 0. The van der Waals surface area contributed by atoms with E-state index in [0.29, 0.717) is 18.8 Å². The maximum absolute atomic E-state index is 11.9. The van der Waals surface area contributed by atoms with E-state index in [-0.39, 0.29) is 24.2 Å². The number of phenols is 1. The minimum atomic E-state index is -0.116. The number of piperazine rings is 1. The van der Waals surface area contributed by atoms with Crippen LogP contribution in [0.15, 0.2) is 18.2 Å². The molecule has 18 heavy (non-hydrogen) atoms. The van der Waals surface area contributed by atoms with Gasteiger partial charge < -0.3 is 20.6 Å². The highest BCUT2D eigenvalue weighted by molar-refractivity contribution is 5.89. The fourth-order valence-corrected chi connectivity index (χ4v) is 1.76. The summed E-state index contributed by atoms with van der Waals surface area (Å²) in [4.78, 5) is 13.6. The number of aromatic hydroxyl groups is 1. The van der Waals surface area contributed by atoms with Crippen molar-refractivity contribution in [2.45, 2.75) is 6.92 Å². The molecular formula is C12H18ClN3O2. The van der Waals surface area contributed by atoms with Crippen molar-refractivity contribution in [2.24, 2.45) is 0 Å². The Hall–Kier alpha value is -1.46. The molecule has 1 saturated heterocycles. The van der Waals surface area contributed by atoms with E-state index in [0.717, 1.165) is 18.7 Å². The number of nitrogens with zero attached hydrogens (tertiary/aromatic N) is 1. The number of benzene rings is 1. The SMILES string of the molecule is Cc1ccc(NC(=O)N2CCNCC2)cc1O.Cl. The minimum Gasteiger partial charge on any atom is -0.508 e. The fourth-order valence-electron chi connectivity index (χ4n) is 1.76. The second-order valence-corrected chi connectivity index (χ2v) is 4.17. The summed E-state index contributed by atoms with van der Waals surface area (Å²) in [5.74, 6) is 0.197. The zero-order valence-electron chi connectivity index (χ0n) is 10.3. The molecule has 0 bridgehead atoms. The molecule has 0 aliphatic carbocycles. The summed E-state index contributed by atoms with van der Waals surface area (Å²) in [6.45, 7) is 4.89. The number of hydrogen-bond donors (Lipinski definition) is 3. The maximum Gasteiger partial charge on any atom is 0.321 e. The first-order chi connectivity index (χ1) is 8.16. The lowest BCUT2D eigenvalue weighted by Crippen LogP contribution is -2.48. The number of hydrogen-bond acceptors (Lipinski definition) is 3. The molecule has 5 nitrogen and oxygen atoms in total. The number of aryl methyl sites for hydroxylation is 1. The second kappa shape index (κ2) is 6.47. The maximum atomic E-state index is 11.9. The van der Waals surface area contributed by atoms with Gasteiger partial charge in [0.1, 0.15) is 5.75 Å². The number of carbonyl (C=O) groups excluding carboxylic acids is 1. The Morgan fingerprint density at radius 2 is 2.06 bits per heavy atom. The third-order valence-electron chi connectivity index (χ3n) is 2.86. The highest BCUT2D eigenvalue weighted by atomic mass is 35.5. The molecule has 0 atom stereocenters. The summed E-state index contributed by atoms with van der Waals surface area (Å²) in [6.07, 6.45) is 0. The van der Waals surface area contributed by atoms with Crippen LogP contribution in [0.5, 0.6) is 5.75 Å². The topological polar surface area (TPSA) is 64.6 Å². The van der Waals surface area contributed by atoms with Crippen LogP contribution in [0.2, 0.25) is 0 Å². The van der Waals surface area contributed by atoms with Gasteiger partial charge in [-0.1, -0.05) is 6.07 Å². The quantitative estimate of drug-likeness (QED) is 0.726. The van der Waals surface area contributed by atoms with Gasteiger partial charge in [-0.05, 0) is 18.6 Å². The smallest absolute Gasteiger partial charge is 0.321 e. The van der Waals surface area contributed by atoms with Gasteiger partial charge in [-0.2, -0.15) is 0 Å². The summed E-state index contributed by atoms with van der Waals surface area (Å²) in [7, 11) is 0. The Labute approximate surface area is 113 Å². The van der Waals surface area contributed by atoms with E-state index in [4.69, 9.17) is 0 Å². The number of carbonyl (C=O) groups is 1. The first kappa shape index (κ1) is 14.6. The van der Waals surface area contributed by atoms with Crippen LogP contribution in [0, 0.1) is 6.92 Å². The first-order valence-electron chi connectivity index (χ1n) is 5.73. The van der Waals surface area contributed by atoms with Crippen molar-refractivity contribution in [3.63, 3.8) is 0 Å². The Morgan fingerprint density at radius 3 is 2.67 bits per heavy atom. The zero-order valence-corrected chi connectivity index (χ0v) is 11.1. The van der Waals surface area contributed by atoms with Gasteiger partial charge >= 0.3 is 6.03 Å². The van der Waals surface area contributed by atoms with Gasteiger partial charge in [0.2, 0.25) is 0 Å². The molecule has 1 heterocycles. The van der Waals surface area contributed by atoms with Gasteiger partial charge in [0.15, 0.2) is 0 Å².